The van der Waals surface area contributed by atoms with Gasteiger partial charge in [-0.25, -0.2) is 0 Å². The van der Waals surface area contributed by atoms with Crippen LogP contribution in [0.25, 0.3) is 0 Å². The number of rotatable bonds is 41. The van der Waals surface area contributed by atoms with E-state index in [1.54, 1.807) is 0 Å². The van der Waals surface area contributed by atoms with Crippen LogP contribution < -0.4 is 4.89 Å². The van der Waals surface area contributed by atoms with Crippen LogP contribution in [0.2, 0.25) is 0 Å². The quantitative estimate of drug-likeness (QED) is 0.0198. The van der Waals surface area contributed by atoms with Crippen molar-refractivity contribution in [3.05, 3.63) is 12.2 Å². The zero-order valence-electron chi connectivity index (χ0n) is 35.9. The maximum absolute atomic E-state index is 12.7. The van der Waals surface area contributed by atoms with Crippen LogP contribution in [-0.4, -0.2) is 70.0 Å². The van der Waals surface area contributed by atoms with Crippen LogP contribution in [0.4, 0.5) is 0 Å². The van der Waals surface area contributed by atoms with Gasteiger partial charge in [0, 0.05) is 12.8 Å². The molecule has 0 radical (unpaired) electrons. The largest absolute Gasteiger partial charge is 0.756 e. The number of likely N-dealkylation sites (N-methyl/N-ethyl adjacent to an activating group) is 1. The molecule has 0 saturated heterocycles. The highest BCUT2D eigenvalue weighted by atomic mass is 31.2. The first-order valence-corrected chi connectivity index (χ1v) is 23.9. The molecule has 2 atom stereocenters. The van der Waals surface area contributed by atoms with Crippen LogP contribution in [0.1, 0.15) is 206 Å². The average Bonchev–Trinajstić information content (AvgIpc) is 3.12. The van der Waals surface area contributed by atoms with Gasteiger partial charge in [-0.2, -0.15) is 0 Å². The van der Waals surface area contributed by atoms with Gasteiger partial charge in [0.15, 0.2) is 6.10 Å². The van der Waals surface area contributed by atoms with Gasteiger partial charge in [0.1, 0.15) is 19.8 Å². The summed E-state index contributed by atoms with van der Waals surface area (Å²) in [6, 6.07) is 0. The lowest BCUT2D eigenvalue weighted by molar-refractivity contribution is -0.870. The minimum atomic E-state index is -4.62. The van der Waals surface area contributed by atoms with Gasteiger partial charge in [-0.3, -0.25) is 14.2 Å². The number of hydrogen-bond acceptors (Lipinski definition) is 8. The lowest BCUT2D eigenvalue weighted by Crippen LogP contribution is -2.37. The summed E-state index contributed by atoms with van der Waals surface area (Å²) in [5.41, 5.74) is 0. The van der Waals surface area contributed by atoms with E-state index in [0.717, 1.165) is 38.5 Å². The molecule has 0 heterocycles. The van der Waals surface area contributed by atoms with Gasteiger partial charge in [0.2, 0.25) is 0 Å². The summed E-state index contributed by atoms with van der Waals surface area (Å²) in [6.45, 7) is 4.24. The first-order valence-electron chi connectivity index (χ1n) is 22.4. The Kier molecular flexibility index (Phi) is 36.5. The molecule has 2 unspecified atom stereocenters. The number of carbonyl (C=O) groups is 2. The van der Waals surface area contributed by atoms with Crippen LogP contribution >= 0.6 is 7.82 Å². The third-order valence-corrected chi connectivity index (χ3v) is 10.7. The SMILES string of the molecule is CCCCCCCC/C=C\CCCCCCCCCC(=O)OCC(COP(=O)([O-])OCC[N+](C)(C)C)OC(=O)CCCCCCCCCCCCCCC. The van der Waals surface area contributed by atoms with Crippen molar-refractivity contribution in [2.45, 2.75) is 213 Å². The molecule has 0 aromatic carbocycles. The Balaban J connectivity index is 4.31. The molecule has 54 heavy (non-hydrogen) atoms. The summed E-state index contributed by atoms with van der Waals surface area (Å²) >= 11 is 0. The summed E-state index contributed by atoms with van der Waals surface area (Å²) in [5, 5.41) is 0. The highest BCUT2D eigenvalue weighted by Gasteiger charge is 2.21. The summed E-state index contributed by atoms with van der Waals surface area (Å²) in [5.74, 6) is -0.830. The molecule has 0 aromatic rings. The maximum Gasteiger partial charge on any atom is 0.306 e. The molecule has 0 rings (SSSR count). The molecule has 9 nitrogen and oxygen atoms in total. The van der Waals surface area contributed by atoms with Crippen LogP contribution in [0.15, 0.2) is 12.2 Å². The second-order valence-corrected chi connectivity index (χ2v) is 17.8. The van der Waals surface area contributed by atoms with E-state index in [9.17, 15) is 19.0 Å². The van der Waals surface area contributed by atoms with Gasteiger partial charge >= 0.3 is 11.9 Å². The fourth-order valence-electron chi connectivity index (χ4n) is 6.24. The Bertz CT molecular complexity index is 938. The van der Waals surface area contributed by atoms with E-state index < -0.39 is 26.5 Å². The minimum Gasteiger partial charge on any atom is -0.756 e. The number of ether oxygens (including phenoxy) is 2. The van der Waals surface area contributed by atoms with E-state index in [1.807, 2.05) is 21.1 Å². The zero-order chi connectivity index (χ0) is 40.0. The Labute approximate surface area is 333 Å². The minimum absolute atomic E-state index is 0.0283. The van der Waals surface area contributed by atoms with Crippen molar-refractivity contribution in [2.75, 3.05) is 47.5 Å². The zero-order valence-corrected chi connectivity index (χ0v) is 36.8. The van der Waals surface area contributed by atoms with E-state index in [2.05, 4.69) is 26.0 Å². The van der Waals surface area contributed by atoms with Gasteiger partial charge in [-0.1, -0.05) is 167 Å². The highest BCUT2D eigenvalue weighted by molar-refractivity contribution is 7.45. The standard InChI is InChI=1S/C44H86NO8P/c1-6-8-10-12-14-16-18-20-21-22-23-25-26-28-30-32-34-36-43(46)50-40-42(41-52-54(48,49)51-39-38-45(3,4)5)53-44(47)37-35-33-31-29-27-24-19-17-15-13-11-9-7-2/h20-21,42H,6-19,22-41H2,1-5H3/b21-20-. The summed E-state index contributed by atoms with van der Waals surface area (Å²) in [7, 11) is 1.17. The van der Waals surface area contributed by atoms with Gasteiger partial charge in [-0.05, 0) is 38.5 Å². The first kappa shape index (κ1) is 52.8. The topological polar surface area (TPSA) is 111 Å². The van der Waals surface area contributed by atoms with Crippen molar-refractivity contribution in [3.63, 3.8) is 0 Å². The van der Waals surface area contributed by atoms with Crippen molar-refractivity contribution >= 4 is 19.8 Å². The molecule has 0 bridgehead atoms. The normalized spacial score (nSPS) is 13.7. The van der Waals surface area contributed by atoms with Gasteiger partial charge < -0.3 is 27.9 Å². The van der Waals surface area contributed by atoms with Crippen LogP contribution in [0, 0.1) is 0 Å². The number of esters is 2. The highest BCUT2D eigenvalue weighted by Crippen LogP contribution is 2.38. The fourth-order valence-corrected chi connectivity index (χ4v) is 6.97. The Morgan fingerprint density at radius 3 is 1.37 bits per heavy atom. The first-order chi connectivity index (χ1) is 26.0. The fraction of sp³-hybridized carbons (Fsp3) is 0.909. The molecule has 0 aromatic heterocycles. The average molecular weight is 788 g/mol. The summed E-state index contributed by atoms with van der Waals surface area (Å²) in [6.07, 6.45) is 38.0. The van der Waals surface area contributed by atoms with Crippen LogP contribution in [-0.2, 0) is 32.7 Å². The summed E-state index contributed by atoms with van der Waals surface area (Å²) < 4.78 is 33.9. The molecular formula is C44H86NO8P. The van der Waals surface area contributed by atoms with Crippen LogP contribution in [0.3, 0.4) is 0 Å². The van der Waals surface area contributed by atoms with Gasteiger partial charge in [-0.15, -0.1) is 0 Å². The number of phosphoric ester groups is 1. The predicted octanol–water partition coefficient (Wildman–Crippen LogP) is 11.9. The Morgan fingerprint density at radius 2 is 0.944 bits per heavy atom. The molecular weight excluding hydrogens is 701 g/mol. The van der Waals surface area contributed by atoms with Crippen molar-refractivity contribution < 1.29 is 42.1 Å². The number of unbranched alkanes of at least 4 members (excludes halogenated alkanes) is 25. The summed E-state index contributed by atoms with van der Waals surface area (Å²) in [4.78, 5) is 37.5. The van der Waals surface area contributed by atoms with Crippen molar-refractivity contribution in [1.29, 1.82) is 0 Å². The van der Waals surface area contributed by atoms with E-state index in [1.165, 1.54) is 135 Å². The third kappa shape index (κ3) is 40.4. The second kappa shape index (κ2) is 37.3. The Morgan fingerprint density at radius 1 is 0.556 bits per heavy atom. The van der Waals surface area contributed by atoms with Crippen molar-refractivity contribution in [2.24, 2.45) is 0 Å². The number of nitrogens with zero attached hydrogens (tertiary/aromatic N) is 1. The number of phosphoric acid groups is 1. The molecule has 0 spiro atoms. The lowest BCUT2D eigenvalue weighted by Gasteiger charge is -2.28. The molecule has 0 N–H and O–H groups in total. The number of carbonyl (C=O) groups excluding carboxylic acids is 2. The molecule has 0 amide bonds. The molecule has 0 aliphatic rings. The molecule has 0 aliphatic heterocycles. The van der Waals surface area contributed by atoms with Gasteiger partial charge in [0.25, 0.3) is 7.82 Å². The second-order valence-electron chi connectivity index (χ2n) is 16.4. The van der Waals surface area contributed by atoms with E-state index in [4.69, 9.17) is 18.5 Å². The monoisotopic (exact) mass is 788 g/mol. The number of quaternary nitrogens is 1. The Hall–Kier alpha value is -1.25. The number of hydrogen-bond donors (Lipinski definition) is 0. The van der Waals surface area contributed by atoms with Crippen LogP contribution in [0.5, 0.6) is 0 Å². The maximum atomic E-state index is 12.7. The van der Waals surface area contributed by atoms with Crippen molar-refractivity contribution in [3.8, 4) is 0 Å². The molecule has 0 aliphatic carbocycles. The lowest BCUT2D eigenvalue weighted by atomic mass is 10.0. The van der Waals surface area contributed by atoms with E-state index in [-0.39, 0.29) is 32.0 Å². The van der Waals surface area contributed by atoms with Gasteiger partial charge in [0.05, 0.1) is 27.7 Å². The number of allylic oxidation sites excluding steroid dienone is 2. The molecule has 10 heteroatoms. The molecule has 0 saturated carbocycles. The smallest absolute Gasteiger partial charge is 0.306 e. The molecule has 0 fully saturated rings. The third-order valence-electron chi connectivity index (χ3n) is 9.79. The van der Waals surface area contributed by atoms with Crippen molar-refractivity contribution in [1.82, 2.24) is 0 Å². The predicted molar refractivity (Wildman–Crippen MR) is 222 cm³/mol. The van der Waals surface area contributed by atoms with E-state index in [0.29, 0.717) is 17.4 Å². The molecule has 320 valence electrons. The van der Waals surface area contributed by atoms with E-state index >= 15 is 0 Å².